The minimum Gasteiger partial charge on any atom is -0.355 e. The fourth-order valence-corrected chi connectivity index (χ4v) is 3.61. The van der Waals surface area contributed by atoms with Crippen LogP contribution in [0.2, 0.25) is 20.1 Å². The molecule has 0 atom stereocenters. The van der Waals surface area contributed by atoms with Gasteiger partial charge in [0, 0.05) is 43.2 Å². The summed E-state index contributed by atoms with van der Waals surface area (Å²) in [7, 11) is 0. The van der Waals surface area contributed by atoms with Gasteiger partial charge in [-0.25, -0.2) is 0 Å². The van der Waals surface area contributed by atoms with E-state index >= 15 is 0 Å². The summed E-state index contributed by atoms with van der Waals surface area (Å²) in [5.41, 5.74) is 2.44. The molecule has 1 N–H and O–H groups in total. The number of aryl methyl sites for hydroxylation is 1. The quantitative estimate of drug-likeness (QED) is 0.531. The van der Waals surface area contributed by atoms with E-state index < -0.39 is 0 Å². The Kier molecular flexibility index (Phi) is 5.30. The molecule has 0 fully saturated rings. The highest BCUT2D eigenvalue weighted by Crippen LogP contribution is 2.26. The van der Waals surface area contributed by atoms with Gasteiger partial charge in [0.05, 0.1) is 5.69 Å². The molecule has 0 spiro atoms. The maximum Gasteiger partial charge on any atom is 0.257 e. The molecule has 3 rings (SSSR count). The predicted molar refractivity (Wildman–Crippen MR) is 107 cm³/mol. The normalized spacial score (nSPS) is 10.8. The van der Waals surface area contributed by atoms with Gasteiger partial charge in [0.15, 0.2) is 0 Å². The Morgan fingerprint density at radius 1 is 0.720 bits per heavy atom. The fourth-order valence-electron chi connectivity index (χ4n) is 2.57. The Morgan fingerprint density at radius 2 is 1.20 bits per heavy atom. The van der Waals surface area contributed by atoms with Gasteiger partial charge in [-0.05, 0) is 49.4 Å². The van der Waals surface area contributed by atoms with Gasteiger partial charge < -0.3 is 5.32 Å². The molecule has 0 aliphatic carbocycles. The Hall–Kier alpha value is -1.65. The molecule has 0 amide bonds. The fraction of sp³-hybridized carbons (Fsp3) is 0.0556. The van der Waals surface area contributed by atoms with Crippen LogP contribution in [0, 0.1) is 6.92 Å². The first kappa shape index (κ1) is 18.2. The smallest absolute Gasteiger partial charge is 0.257 e. The van der Waals surface area contributed by atoms with E-state index in [4.69, 9.17) is 46.4 Å². The molecule has 1 heterocycles. The van der Waals surface area contributed by atoms with Crippen molar-refractivity contribution in [3.05, 3.63) is 84.7 Å². The molecule has 128 valence electrons. The van der Waals surface area contributed by atoms with Crippen molar-refractivity contribution in [2.24, 2.45) is 0 Å². The van der Waals surface area contributed by atoms with Crippen molar-refractivity contribution in [3.8, 4) is 5.69 Å². The van der Waals surface area contributed by atoms with E-state index in [1.54, 1.807) is 36.4 Å². The highest BCUT2D eigenvalue weighted by atomic mass is 35.5. The largest absolute Gasteiger partial charge is 0.355 e. The van der Waals surface area contributed by atoms with Crippen molar-refractivity contribution in [2.75, 3.05) is 5.32 Å². The number of hydrogen-bond acceptors (Lipinski definition) is 2. The molecule has 25 heavy (non-hydrogen) atoms. The van der Waals surface area contributed by atoms with Crippen LogP contribution in [0.3, 0.4) is 0 Å². The number of rotatable bonds is 3. The zero-order valence-electron chi connectivity index (χ0n) is 13.0. The molecule has 7 heteroatoms. The zero-order chi connectivity index (χ0) is 18.1. The van der Waals surface area contributed by atoms with Crippen LogP contribution >= 0.6 is 46.4 Å². The molecule has 2 aromatic carbocycles. The monoisotopic (exact) mass is 412 g/mol. The molecule has 1 aromatic heterocycles. The van der Waals surface area contributed by atoms with Gasteiger partial charge in [-0.2, -0.15) is 0 Å². The second kappa shape index (κ2) is 7.30. The van der Waals surface area contributed by atoms with E-state index in [1.807, 2.05) is 13.0 Å². The molecule has 3 nitrogen and oxygen atoms in total. The van der Waals surface area contributed by atoms with E-state index in [1.165, 1.54) is 10.6 Å². The first-order valence-electron chi connectivity index (χ1n) is 7.25. The molecule has 0 unspecified atom stereocenters. The number of benzene rings is 2. The third-order valence-electron chi connectivity index (χ3n) is 3.47. The van der Waals surface area contributed by atoms with E-state index in [-0.39, 0.29) is 5.56 Å². The van der Waals surface area contributed by atoms with Gasteiger partial charge in [0.2, 0.25) is 0 Å². The average molecular weight is 414 g/mol. The number of halogens is 4. The Bertz CT molecular complexity index is 974. The molecule has 0 aliphatic heterocycles. The van der Waals surface area contributed by atoms with Crippen molar-refractivity contribution >= 4 is 57.8 Å². The van der Waals surface area contributed by atoms with Crippen LogP contribution in [-0.4, -0.2) is 4.57 Å². The lowest BCUT2D eigenvalue weighted by Crippen LogP contribution is -2.20. The number of hydrogen-bond donors (Lipinski definition) is 1. The van der Waals surface area contributed by atoms with E-state index in [9.17, 15) is 4.79 Å². The lowest BCUT2D eigenvalue weighted by molar-refractivity contribution is 0.936. The molecule has 3 aromatic rings. The molecule has 0 saturated heterocycles. The maximum absolute atomic E-state index is 12.6. The van der Waals surface area contributed by atoms with Crippen molar-refractivity contribution in [1.29, 1.82) is 0 Å². The number of aromatic nitrogens is 1. The Morgan fingerprint density at radius 3 is 1.72 bits per heavy atom. The Balaban J connectivity index is 2.01. The first-order valence-corrected chi connectivity index (χ1v) is 8.76. The van der Waals surface area contributed by atoms with E-state index in [0.717, 1.165) is 5.69 Å². The van der Waals surface area contributed by atoms with Crippen molar-refractivity contribution < 1.29 is 0 Å². The summed E-state index contributed by atoms with van der Waals surface area (Å²) in [5.74, 6) is 0. The van der Waals surface area contributed by atoms with Gasteiger partial charge in [0.25, 0.3) is 5.56 Å². The molecule has 0 bridgehead atoms. The van der Waals surface area contributed by atoms with E-state index in [0.29, 0.717) is 37.2 Å². The first-order chi connectivity index (χ1) is 11.8. The summed E-state index contributed by atoms with van der Waals surface area (Å²) in [5, 5.41) is 5.08. The summed E-state index contributed by atoms with van der Waals surface area (Å²) < 4.78 is 1.54. The zero-order valence-corrected chi connectivity index (χ0v) is 16.0. The highest BCUT2D eigenvalue weighted by molar-refractivity contribution is 6.35. The van der Waals surface area contributed by atoms with Crippen LogP contribution in [0.25, 0.3) is 5.69 Å². The second-order valence-electron chi connectivity index (χ2n) is 5.47. The number of nitrogens with zero attached hydrogens (tertiary/aromatic N) is 1. The summed E-state index contributed by atoms with van der Waals surface area (Å²) in [6.07, 6.45) is 0. The molecular weight excluding hydrogens is 402 g/mol. The van der Waals surface area contributed by atoms with Gasteiger partial charge in [0.1, 0.15) is 0 Å². The SMILES string of the molecule is Cc1cc(Nc2cc(Cl)cc(Cl)c2)cc(=O)n1-c1cc(Cl)cc(Cl)c1. The number of nitrogens with one attached hydrogen (secondary N) is 1. The second-order valence-corrected chi connectivity index (χ2v) is 7.22. The molecule has 0 radical (unpaired) electrons. The van der Waals surface area contributed by atoms with Gasteiger partial charge in [-0.1, -0.05) is 46.4 Å². The summed E-state index contributed by atoms with van der Waals surface area (Å²) in [6, 6.07) is 13.4. The molecule has 0 saturated carbocycles. The minimum atomic E-state index is -0.214. The average Bonchev–Trinajstić information content (AvgIpc) is 2.44. The predicted octanol–water partition coefficient (Wildman–Crippen LogP) is 6.50. The van der Waals surface area contributed by atoms with E-state index in [2.05, 4.69) is 5.32 Å². The lowest BCUT2D eigenvalue weighted by atomic mass is 10.2. The van der Waals surface area contributed by atoms with Crippen LogP contribution in [-0.2, 0) is 0 Å². The van der Waals surface area contributed by atoms with Gasteiger partial charge in [-0.15, -0.1) is 0 Å². The molecular formula is C18H12Cl4N2O. The van der Waals surface area contributed by atoms with Gasteiger partial charge >= 0.3 is 0 Å². The number of pyridine rings is 1. The third-order valence-corrected chi connectivity index (χ3v) is 4.35. The third kappa shape index (κ3) is 4.31. The molecule has 0 aliphatic rings. The van der Waals surface area contributed by atoms with Crippen molar-refractivity contribution in [3.63, 3.8) is 0 Å². The van der Waals surface area contributed by atoms with Crippen LogP contribution in [0.1, 0.15) is 5.69 Å². The highest BCUT2D eigenvalue weighted by Gasteiger charge is 2.09. The summed E-state index contributed by atoms with van der Waals surface area (Å²) in [6.45, 7) is 1.83. The van der Waals surface area contributed by atoms with Crippen LogP contribution in [0.5, 0.6) is 0 Å². The Labute approximate surface area is 164 Å². The topological polar surface area (TPSA) is 34.0 Å². The van der Waals surface area contributed by atoms with Crippen LogP contribution in [0.15, 0.2) is 53.3 Å². The number of anilines is 2. The van der Waals surface area contributed by atoms with Crippen LogP contribution in [0.4, 0.5) is 11.4 Å². The van der Waals surface area contributed by atoms with Crippen LogP contribution < -0.4 is 10.9 Å². The van der Waals surface area contributed by atoms with Crippen molar-refractivity contribution in [1.82, 2.24) is 4.57 Å². The minimum absolute atomic E-state index is 0.214. The lowest BCUT2D eigenvalue weighted by Gasteiger charge is -2.14. The van der Waals surface area contributed by atoms with Gasteiger partial charge in [-0.3, -0.25) is 9.36 Å². The van der Waals surface area contributed by atoms with Crippen molar-refractivity contribution in [2.45, 2.75) is 6.92 Å². The summed E-state index contributed by atoms with van der Waals surface area (Å²) >= 11 is 24.1. The maximum atomic E-state index is 12.6. The standard InChI is InChI=1S/C18H12Cl4N2O/c1-10-2-15(23-16-5-11(19)3-12(20)6-16)9-18(25)24(10)17-7-13(21)4-14(22)8-17/h2-9,23H,1H3. The summed E-state index contributed by atoms with van der Waals surface area (Å²) in [4.78, 5) is 12.6.